The van der Waals surface area contributed by atoms with Gasteiger partial charge in [0.2, 0.25) is 22.2 Å². The quantitative estimate of drug-likeness (QED) is 0.897. The lowest BCUT2D eigenvalue weighted by Gasteiger charge is -2.06. The first-order valence-corrected chi connectivity index (χ1v) is 6.59. The van der Waals surface area contributed by atoms with Gasteiger partial charge in [0, 0.05) is 0 Å². The molecule has 0 bridgehead atoms. The molecule has 0 atom stereocenters. The molecule has 0 spiro atoms. The van der Waals surface area contributed by atoms with Gasteiger partial charge in [-0.05, 0) is 18.2 Å². The number of benzene rings is 1. The van der Waals surface area contributed by atoms with Crippen LogP contribution in [0, 0.1) is 0 Å². The van der Waals surface area contributed by atoms with Crippen LogP contribution in [0.3, 0.4) is 0 Å². The van der Waals surface area contributed by atoms with Crippen molar-refractivity contribution in [2.45, 2.75) is 11.5 Å². The number of primary sulfonamides is 1. The maximum Gasteiger partial charge on any atom is 0.238 e. The molecule has 2 rings (SSSR count). The number of sulfonamides is 1. The monoisotopic (exact) mass is 289 g/mol. The van der Waals surface area contributed by atoms with Crippen LogP contribution >= 0.6 is 11.6 Å². The topological polar surface area (TPSA) is 108 Å². The van der Waals surface area contributed by atoms with Gasteiger partial charge in [0.25, 0.3) is 0 Å². The van der Waals surface area contributed by atoms with Gasteiger partial charge in [0.15, 0.2) is 6.61 Å². The second-order valence-corrected chi connectivity index (χ2v) is 5.24. The Morgan fingerprint density at radius 2 is 2.22 bits per heavy atom. The Kier molecular flexibility index (Phi) is 3.50. The van der Waals surface area contributed by atoms with Crippen molar-refractivity contribution in [3.8, 4) is 5.75 Å². The Labute approximate surface area is 108 Å². The minimum atomic E-state index is -3.78. The van der Waals surface area contributed by atoms with Crippen LogP contribution in [0.2, 0.25) is 5.02 Å². The van der Waals surface area contributed by atoms with Gasteiger partial charge in [-0.15, -0.1) is 0 Å². The molecule has 0 saturated heterocycles. The number of nitrogens with two attached hydrogens (primary N) is 1. The van der Waals surface area contributed by atoms with Crippen LogP contribution in [0.4, 0.5) is 0 Å². The highest BCUT2D eigenvalue weighted by Crippen LogP contribution is 2.27. The summed E-state index contributed by atoms with van der Waals surface area (Å²) in [6.45, 7) is 0.0605. The summed E-state index contributed by atoms with van der Waals surface area (Å²) in [6.07, 6.45) is 1.17. The molecule has 2 N–H and O–H groups in total. The minimum absolute atomic E-state index is 0.0605. The van der Waals surface area contributed by atoms with Crippen LogP contribution in [0.5, 0.6) is 5.75 Å². The zero-order valence-electron chi connectivity index (χ0n) is 8.91. The number of ether oxygens (including phenoxy) is 1. The molecular weight excluding hydrogens is 282 g/mol. The molecule has 0 fully saturated rings. The molecule has 0 radical (unpaired) electrons. The van der Waals surface area contributed by atoms with Crippen molar-refractivity contribution in [2.75, 3.05) is 0 Å². The Hall–Kier alpha value is -1.64. The van der Waals surface area contributed by atoms with Gasteiger partial charge < -0.3 is 9.26 Å². The molecule has 96 valence electrons. The fourth-order valence-electron chi connectivity index (χ4n) is 1.17. The van der Waals surface area contributed by atoms with Gasteiger partial charge in [0.1, 0.15) is 5.75 Å². The molecule has 0 saturated carbocycles. The molecule has 1 aromatic heterocycles. The predicted molar refractivity (Wildman–Crippen MR) is 61.5 cm³/mol. The molecule has 0 amide bonds. The number of hydrogen-bond donors (Lipinski definition) is 1. The van der Waals surface area contributed by atoms with Gasteiger partial charge in [-0.2, -0.15) is 4.98 Å². The van der Waals surface area contributed by atoms with E-state index < -0.39 is 10.0 Å². The average Bonchev–Trinajstić information content (AvgIpc) is 2.79. The van der Waals surface area contributed by atoms with Crippen LogP contribution in [0.25, 0.3) is 0 Å². The highest BCUT2D eigenvalue weighted by molar-refractivity contribution is 7.89. The van der Waals surface area contributed by atoms with E-state index in [0.29, 0.717) is 11.6 Å². The van der Waals surface area contributed by atoms with Gasteiger partial charge in [-0.25, -0.2) is 13.6 Å². The van der Waals surface area contributed by atoms with Crippen LogP contribution in [-0.4, -0.2) is 18.6 Å². The predicted octanol–water partition coefficient (Wildman–Crippen LogP) is 0.949. The molecule has 0 unspecified atom stereocenters. The Bertz CT molecular complexity index is 642. The first kappa shape index (κ1) is 12.8. The summed E-state index contributed by atoms with van der Waals surface area (Å²) in [5.74, 6) is 0.649. The highest BCUT2D eigenvalue weighted by Gasteiger charge is 2.11. The van der Waals surface area contributed by atoms with E-state index in [0.717, 1.165) is 0 Å². The van der Waals surface area contributed by atoms with E-state index in [1.54, 1.807) is 0 Å². The number of rotatable bonds is 4. The van der Waals surface area contributed by atoms with Gasteiger partial charge >= 0.3 is 0 Å². The molecule has 18 heavy (non-hydrogen) atoms. The van der Waals surface area contributed by atoms with Crippen molar-refractivity contribution in [1.29, 1.82) is 0 Å². The van der Waals surface area contributed by atoms with Gasteiger partial charge in [0.05, 0.1) is 9.92 Å². The van der Waals surface area contributed by atoms with Crippen LogP contribution < -0.4 is 9.88 Å². The third kappa shape index (κ3) is 2.97. The lowest BCUT2D eigenvalue weighted by atomic mass is 10.3. The first-order chi connectivity index (χ1) is 8.47. The molecule has 9 heteroatoms. The van der Waals surface area contributed by atoms with Gasteiger partial charge in [-0.1, -0.05) is 16.8 Å². The molecule has 7 nitrogen and oxygen atoms in total. The van der Waals surface area contributed by atoms with E-state index in [1.807, 2.05) is 0 Å². The summed E-state index contributed by atoms with van der Waals surface area (Å²) in [5, 5.41) is 8.64. The van der Waals surface area contributed by atoms with E-state index >= 15 is 0 Å². The molecule has 2 aromatic rings. The third-order valence-corrected chi connectivity index (χ3v) is 3.20. The fourth-order valence-corrected chi connectivity index (χ4v) is 2.01. The zero-order chi connectivity index (χ0) is 13.2. The number of nitrogens with zero attached hydrogens (tertiary/aromatic N) is 2. The maximum absolute atomic E-state index is 11.1. The molecule has 0 aliphatic heterocycles. The summed E-state index contributed by atoms with van der Waals surface area (Å²) < 4.78 is 32.0. The summed E-state index contributed by atoms with van der Waals surface area (Å²) in [4.78, 5) is 3.67. The lowest BCUT2D eigenvalue weighted by Crippen LogP contribution is -2.12. The Morgan fingerprint density at radius 3 is 2.78 bits per heavy atom. The summed E-state index contributed by atoms with van der Waals surface area (Å²) in [7, 11) is -3.78. The maximum atomic E-state index is 11.1. The summed E-state index contributed by atoms with van der Waals surface area (Å²) in [5.41, 5.74) is 0. The smallest absolute Gasteiger partial charge is 0.238 e. The van der Waals surface area contributed by atoms with E-state index in [1.165, 1.54) is 24.6 Å². The molecular formula is C9H8ClN3O4S. The molecule has 1 aromatic carbocycles. The fraction of sp³-hybridized carbons (Fsp3) is 0.111. The molecule has 0 aliphatic rings. The summed E-state index contributed by atoms with van der Waals surface area (Å²) >= 11 is 5.87. The first-order valence-electron chi connectivity index (χ1n) is 4.67. The normalized spacial score (nSPS) is 11.4. The van der Waals surface area contributed by atoms with Crippen molar-refractivity contribution in [1.82, 2.24) is 10.1 Å². The van der Waals surface area contributed by atoms with Crippen molar-refractivity contribution in [3.05, 3.63) is 35.4 Å². The van der Waals surface area contributed by atoms with Crippen molar-refractivity contribution in [3.63, 3.8) is 0 Å². The largest absolute Gasteiger partial charge is 0.484 e. The number of aromatic nitrogens is 2. The third-order valence-electron chi connectivity index (χ3n) is 2.00. The average molecular weight is 290 g/mol. The van der Waals surface area contributed by atoms with Crippen LogP contribution in [0.1, 0.15) is 5.82 Å². The van der Waals surface area contributed by atoms with Crippen LogP contribution in [0.15, 0.2) is 34.0 Å². The highest BCUT2D eigenvalue weighted by atomic mass is 35.5. The van der Waals surface area contributed by atoms with Crippen molar-refractivity contribution >= 4 is 21.6 Å². The number of hydrogen-bond acceptors (Lipinski definition) is 6. The van der Waals surface area contributed by atoms with E-state index in [2.05, 4.69) is 14.7 Å². The van der Waals surface area contributed by atoms with Crippen molar-refractivity contribution in [2.24, 2.45) is 5.14 Å². The minimum Gasteiger partial charge on any atom is -0.484 e. The molecule has 1 heterocycles. The van der Waals surface area contributed by atoms with Crippen molar-refractivity contribution < 1.29 is 17.7 Å². The Morgan fingerprint density at radius 1 is 1.44 bits per heavy atom. The lowest BCUT2D eigenvalue weighted by molar-refractivity contribution is 0.286. The van der Waals surface area contributed by atoms with Crippen LogP contribution in [-0.2, 0) is 16.6 Å². The zero-order valence-corrected chi connectivity index (χ0v) is 10.5. The SMILES string of the molecule is NS(=O)(=O)c1ccc(OCc2ncon2)c(Cl)c1. The second kappa shape index (κ2) is 4.92. The summed E-state index contributed by atoms with van der Waals surface area (Å²) in [6, 6.07) is 3.91. The van der Waals surface area contributed by atoms with E-state index in [9.17, 15) is 8.42 Å². The Balaban J connectivity index is 2.15. The number of halogens is 1. The van der Waals surface area contributed by atoms with E-state index in [-0.39, 0.29) is 16.5 Å². The van der Waals surface area contributed by atoms with E-state index in [4.69, 9.17) is 21.5 Å². The second-order valence-electron chi connectivity index (χ2n) is 3.27. The standard InChI is InChI=1S/C9H8ClN3O4S/c10-7-3-6(18(11,14)15)1-2-8(7)16-4-9-12-5-17-13-9/h1-3,5H,4H2,(H2,11,14,15). The van der Waals surface area contributed by atoms with Gasteiger partial charge in [-0.3, -0.25) is 0 Å². The molecule has 0 aliphatic carbocycles.